The van der Waals surface area contributed by atoms with Crippen LogP contribution in [0.15, 0.2) is 60.7 Å². The fraction of sp³-hybridized carbons (Fsp3) is 0.174. The Morgan fingerprint density at radius 2 is 1.76 bits per heavy atom. The second-order valence-electron chi connectivity index (χ2n) is 7.52. The topological polar surface area (TPSA) is 105 Å². The molecule has 168 valence electrons. The lowest BCUT2D eigenvalue weighted by atomic mass is 10.0. The Balaban J connectivity index is 1.42. The van der Waals surface area contributed by atoms with Gasteiger partial charge in [-0.3, -0.25) is 14.9 Å². The number of fused-ring (bicyclic) bond motifs is 1. The average molecular weight is 464 g/mol. The molecule has 3 aromatic carbocycles. The van der Waals surface area contributed by atoms with Crippen molar-refractivity contribution in [2.75, 3.05) is 30.9 Å². The van der Waals surface area contributed by atoms with Crippen LogP contribution in [-0.2, 0) is 6.54 Å². The van der Waals surface area contributed by atoms with Crippen molar-refractivity contribution in [3.63, 3.8) is 0 Å². The predicted octanol–water partition coefficient (Wildman–Crippen LogP) is 3.23. The summed E-state index contributed by atoms with van der Waals surface area (Å²) in [5.41, 5.74) is 2.01. The number of carbonyl (C=O) groups excluding carboxylic acids is 2. The Bertz CT molecular complexity index is 1320. The zero-order valence-corrected chi connectivity index (χ0v) is 18.9. The first-order chi connectivity index (χ1) is 15.9. The van der Waals surface area contributed by atoms with Gasteiger partial charge in [0.05, 0.1) is 6.54 Å². The largest absolute Gasteiger partial charge is 0.377 e. The summed E-state index contributed by atoms with van der Waals surface area (Å²) in [5.74, 6) is -0.408. The van der Waals surface area contributed by atoms with Crippen LogP contribution in [0, 0.1) is 0 Å². The van der Waals surface area contributed by atoms with E-state index in [1.54, 1.807) is 30.3 Å². The molecule has 4 rings (SSSR count). The Labute approximate surface area is 195 Å². The molecule has 10 heteroatoms. The number of carbonyl (C=O) groups is 2. The third-order valence-corrected chi connectivity index (χ3v) is 5.31. The first-order valence-corrected chi connectivity index (χ1v) is 10.6. The Morgan fingerprint density at radius 1 is 1.00 bits per heavy atom. The van der Waals surface area contributed by atoms with Crippen molar-refractivity contribution in [1.29, 1.82) is 0 Å². The molecule has 0 atom stereocenters. The van der Waals surface area contributed by atoms with Crippen LogP contribution in [0.1, 0.15) is 20.7 Å². The third-order valence-electron chi connectivity index (χ3n) is 5.08. The number of nitrogens with zero attached hydrogens (tertiary/aromatic N) is 5. The lowest BCUT2D eigenvalue weighted by molar-refractivity contribution is 0.0952. The van der Waals surface area contributed by atoms with Gasteiger partial charge in [-0.15, -0.1) is 0 Å². The van der Waals surface area contributed by atoms with Crippen LogP contribution < -0.4 is 15.5 Å². The molecule has 1 heterocycles. The first kappa shape index (κ1) is 22.2. The minimum absolute atomic E-state index is 0.176. The van der Waals surface area contributed by atoms with E-state index in [0.29, 0.717) is 16.1 Å². The van der Waals surface area contributed by atoms with Crippen LogP contribution in [-0.4, -0.2) is 52.7 Å². The Hall–Kier alpha value is -3.98. The van der Waals surface area contributed by atoms with Crippen LogP contribution in [0.25, 0.3) is 10.8 Å². The highest BCUT2D eigenvalue weighted by molar-refractivity contribution is 6.31. The van der Waals surface area contributed by atoms with Crippen molar-refractivity contribution in [2.24, 2.45) is 0 Å². The maximum Gasteiger partial charge on any atom is 0.258 e. The monoisotopic (exact) mass is 463 g/mol. The van der Waals surface area contributed by atoms with E-state index in [1.165, 1.54) is 4.68 Å². The van der Waals surface area contributed by atoms with Gasteiger partial charge >= 0.3 is 0 Å². The molecule has 4 aromatic rings. The van der Waals surface area contributed by atoms with Crippen LogP contribution in [0.3, 0.4) is 0 Å². The van der Waals surface area contributed by atoms with Gasteiger partial charge in [-0.25, -0.2) is 4.68 Å². The molecule has 0 aliphatic heterocycles. The summed E-state index contributed by atoms with van der Waals surface area (Å²) in [4.78, 5) is 27.3. The second kappa shape index (κ2) is 9.66. The highest BCUT2D eigenvalue weighted by Crippen LogP contribution is 2.27. The molecule has 0 spiro atoms. The number of tetrazole rings is 1. The minimum atomic E-state index is -0.384. The SMILES string of the molecule is CN(C)c1cccc2c(C(=O)NCCn3nnnc3NC(=O)c3cccc(Cl)c3)cccc12. The normalized spacial score (nSPS) is 10.8. The minimum Gasteiger partial charge on any atom is -0.377 e. The van der Waals surface area contributed by atoms with E-state index >= 15 is 0 Å². The van der Waals surface area contributed by atoms with Gasteiger partial charge in [0.15, 0.2) is 0 Å². The molecule has 0 unspecified atom stereocenters. The molecular weight excluding hydrogens is 442 g/mol. The predicted molar refractivity (Wildman–Crippen MR) is 128 cm³/mol. The van der Waals surface area contributed by atoms with Crippen molar-refractivity contribution < 1.29 is 9.59 Å². The maximum atomic E-state index is 12.9. The number of amides is 2. The number of halogens is 1. The smallest absolute Gasteiger partial charge is 0.258 e. The van der Waals surface area contributed by atoms with Crippen LogP contribution >= 0.6 is 11.6 Å². The number of anilines is 2. The van der Waals surface area contributed by atoms with Gasteiger partial charge in [-0.05, 0) is 46.1 Å². The quantitative estimate of drug-likeness (QED) is 0.436. The summed E-state index contributed by atoms with van der Waals surface area (Å²) in [6, 6.07) is 18.1. The molecule has 0 saturated heterocycles. The zero-order chi connectivity index (χ0) is 23.4. The highest BCUT2D eigenvalue weighted by atomic mass is 35.5. The van der Waals surface area contributed by atoms with Crippen molar-refractivity contribution in [3.05, 3.63) is 76.8 Å². The van der Waals surface area contributed by atoms with Crippen LogP contribution in [0.5, 0.6) is 0 Å². The fourth-order valence-corrected chi connectivity index (χ4v) is 3.69. The van der Waals surface area contributed by atoms with Crippen molar-refractivity contribution in [2.45, 2.75) is 6.54 Å². The number of hydrogen-bond donors (Lipinski definition) is 2. The maximum absolute atomic E-state index is 12.9. The molecule has 9 nitrogen and oxygen atoms in total. The standard InChI is InChI=1S/C23H22ClN7O2/c1-30(2)20-11-5-8-17-18(20)9-4-10-19(17)22(33)25-12-13-31-23(27-28-29-31)26-21(32)15-6-3-7-16(24)14-15/h3-11,14H,12-13H2,1-2H3,(H,25,33)(H,26,27,29,32). The number of hydrogen-bond acceptors (Lipinski definition) is 6. The van der Waals surface area contributed by atoms with Crippen molar-refractivity contribution >= 4 is 45.8 Å². The molecule has 0 bridgehead atoms. The van der Waals surface area contributed by atoms with Gasteiger partial charge in [0, 0.05) is 47.9 Å². The Morgan fingerprint density at radius 3 is 2.55 bits per heavy atom. The van der Waals surface area contributed by atoms with Gasteiger partial charge in [0.2, 0.25) is 5.95 Å². The molecule has 2 amide bonds. The van der Waals surface area contributed by atoms with Crippen molar-refractivity contribution in [3.8, 4) is 0 Å². The van der Waals surface area contributed by atoms with E-state index in [1.807, 2.05) is 49.3 Å². The summed E-state index contributed by atoms with van der Waals surface area (Å²) < 4.78 is 1.41. The van der Waals surface area contributed by atoms with Gasteiger partial charge in [0.1, 0.15) is 0 Å². The number of nitrogens with one attached hydrogen (secondary N) is 2. The lowest BCUT2D eigenvalue weighted by Crippen LogP contribution is -2.28. The molecule has 0 aliphatic carbocycles. The van der Waals surface area contributed by atoms with Gasteiger partial charge < -0.3 is 10.2 Å². The molecular formula is C23H22ClN7O2. The number of benzene rings is 3. The summed E-state index contributed by atoms with van der Waals surface area (Å²) in [6.07, 6.45) is 0. The van der Waals surface area contributed by atoms with Crippen LogP contribution in [0.4, 0.5) is 11.6 Å². The number of rotatable bonds is 7. The molecule has 1 aromatic heterocycles. The second-order valence-corrected chi connectivity index (χ2v) is 7.95. The van der Waals surface area contributed by atoms with E-state index in [4.69, 9.17) is 11.6 Å². The van der Waals surface area contributed by atoms with Crippen molar-refractivity contribution in [1.82, 2.24) is 25.5 Å². The summed E-state index contributed by atoms with van der Waals surface area (Å²) >= 11 is 5.94. The van der Waals surface area contributed by atoms with E-state index in [0.717, 1.165) is 16.5 Å². The zero-order valence-electron chi connectivity index (χ0n) is 18.1. The molecule has 0 saturated carbocycles. The third kappa shape index (κ3) is 4.93. The Kier molecular flexibility index (Phi) is 6.50. The van der Waals surface area contributed by atoms with E-state index in [9.17, 15) is 9.59 Å². The highest BCUT2D eigenvalue weighted by Gasteiger charge is 2.14. The molecule has 0 aliphatic rings. The van der Waals surface area contributed by atoms with Gasteiger partial charge in [-0.1, -0.05) is 47.0 Å². The van der Waals surface area contributed by atoms with Gasteiger partial charge in [0.25, 0.3) is 11.8 Å². The molecule has 2 N–H and O–H groups in total. The van der Waals surface area contributed by atoms with Gasteiger partial charge in [-0.2, -0.15) is 0 Å². The van der Waals surface area contributed by atoms with Crippen LogP contribution in [0.2, 0.25) is 5.02 Å². The molecule has 0 radical (unpaired) electrons. The molecule has 33 heavy (non-hydrogen) atoms. The van der Waals surface area contributed by atoms with E-state index < -0.39 is 0 Å². The van der Waals surface area contributed by atoms with E-state index in [-0.39, 0.29) is 30.9 Å². The lowest BCUT2D eigenvalue weighted by Gasteiger charge is -2.16. The summed E-state index contributed by atoms with van der Waals surface area (Å²) in [5, 5.41) is 19.2. The molecule has 0 fully saturated rings. The summed E-state index contributed by atoms with van der Waals surface area (Å²) in [6.45, 7) is 0.547. The average Bonchev–Trinajstić information content (AvgIpc) is 3.24. The first-order valence-electron chi connectivity index (χ1n) is 10.2. The summed E-state index contributed by atoms with van der Waals surface area (Å²) in [7, 11) is 3.94. The van der Waals surface area contributed by atoms with E-state index in [2.05, 4.69) is 26.2 Å². The number of aromatic nitrogens is 4. The fourth-order valence-electron chi connectivity index (χ4n) is 3.50.